The van der Waals surface area contributed by atoms with Crippen LogP contribution in [0.3, 0.4) is 0 Å². The van der Waals surface area contributed by atoms with Gasteiger partial charge in [0.05, 0.1) is 0 Å². The van der Waals surface area contributed by atoms with E-state index >= 15 is 0 Å². The Morgan fingerprint density at radius 3 is 2.73 bits per heavy atom. The standard InChI is InChI=1S/C17H23N3O2/c1-17(2,3)22-16(21)20-14-9-13(10-14)19-12-4-5-15-11(8-12)6-7-18-15/h4-8,13-14,18-19H,9-10H2,1-3H3,(H,20,21). The van der Waals surface area contributed by atoms with Gasteiger partial charge in [-0.15, -0.1) is 0 Å². The lowest BCUT2D eigenvalue weighted by Crippen LogP contribution is -2.50. The fourth-order valence-corrected chi connectivity index (χ4v) is 2.71. The molecule has 0 radical (unpaired) electrons. The molecule has 1 amide bonds. The van der Waals surface area contributed by atoms with E-state index < -0.39 is 5.60 Å². The van der Waals surface area contributed by atoms with Crippen molar-refractivity contribution in [2.24, 2.45) is 0 Å². The number of fused-ring (bicyclic) bond motifs is 1. The molecule has 1 aromatic carbocycles. The molecule has 5 heteroatoms. The molecule has 1 fully saturated rings. The highest BCUT2D eigenvalue weighted by atomic mass is 16.6. The minimum Gasteiger partial charge on any atom is -0.444 e. The van der Waals surface area contributed by atoms with Crippen molar-refractivity contribution in [2.75, 3.05) is 5.32 Å². The molecule has 22 heavy (non-hydrogen) atoms. The first-order valence-corrected chi connectivity index (χ1v) is 7.72. The molecule has 0 atom stereocenters. The second-order valence-electron chi connectivity index (χ2n) is 6.94. The molecule has 1 heterocycles. The van der Waals surface area contributed by atoms with E-state index in [1.807, 2.05) is 27.0 Å². The minimum atomic E-state index is -0.447. The maximum Gasteiger partial charge on any atom is 0.407 e. The van der Waals surface area contributed by atoms with Gasteiger partial charge in [0.2, 0.25) is 0 Å². The van der Waals surface area contributed by atoms with Gasteiger partial charge in [-0.05, 0) is 57.9 Å². The zero-order valence-corrected chi connectivity index (χ0v) is 13.3. The first-order chi connectivity index (χ1) is 10.4. The molecule has 0 spiro atoms. The summed E-state index contributed by atoms with van der Waals surface area (Å²) in [6.45, 7) is 5.61. The van der Waals surface area contributed by atoms with Gasteiger partial charge < -0.3 is 20.4 Å². The average molecular weight is 301 g/mol. The van der Waals surface area contributed by atoms with Crippen molar-refractivity contribution in [2.45, 2.75) is 51.3 Å². The lowest BCUT2D eigenvalue weighted by molar-refractivity contribution is 0.0475. The number of carbonyl (C=O) groups is 1. The molecule has 1 aromatic heterocycles. The van der Waals surface area contributed by atoms with E-state index in [9.17, 15) is 4.79 Å². The van der Waals surface area contributed by atoms with Crippen LogP contribution in [0, 0.1) is 0 Å². The van der Waals surface area contributed by atoms with Crippen LogP contribution in [0.5, 0.6) is 0 Å². The van der Waals surface area contributed by atoms with Crippen molar-refractivity contribution in [1.29, 1.82) is 0 Å². The molecule has 0 aliphatic heterocycles. The fourth-order valence-electron chi connectivity index (χ4n) is 2.71. The van der Waals surface area contributed by atoms with Crippen LogP contribution in [0.2, 0.25) is 0 Å². The third-order valence-corrected chi connectivity index (χ3v) is 3.78. The van der Waals surface area contributed by atoms with Crippen molar-refractivity contribution in [3.8, 4) is 0 Å². The number of benzene rings is 1. The summed E-state index contributed by atoms with van der Waals surface area (Å²) in [4.78, 5) is 14.9. The number of alkyl carbamates (subject to hydrolysis) is 1. The second-order valence-corrected chi connectivity index (χ2v) is 6.94. The number of carbonyl (C=O) groups excluding carboxylic acids is 1. The Bertz CT molecular complexity index is 666. The third-order valence-electron chi connectivity index (χ3n) is 3.78. The van der Waals surface area contributed by atoms with Gasteiger partial charge in [0.25, 0.3) is 0 Å². The number of nitrogens with one attached hydrogen (secondary N) is 3. The predicted octanol–water partition coefficient (Wildman–Crippen LogP) is 3.64. The fraction of sp³-hybridized carbons (Fsp3) is 0.471. The van der Waals surface area contributed by atoms with Crippen molar-refractivity contribution in [3.63, 3.8) is 0 Å². The highest BCUT2D eigenvalue weighted by Crippen LogP contribution is 2.26. The Morgan fingerprint density at radius 2 is 2.00 bits per heavy atom. The summed E-state index contributed by atoms with van der Waals surface area (Å²) in [5.41, 5.74) is 1.81. The van der Waals surface area contributed by atoms with Gasteiger partial charge in [-0.25, -0.2) is 4.79 Å². The van der Waals surface area contributed by atoms with Gasteiger partial charge in [0.15, 0.2) is 0 Å². The van der Waals surface area contributed by atoms with Crippen LogP contribution in [-0.4, -0.2) is 28.8 Å². The number of amides is 1. The Kier molecular flexibility index (Phi) is 3.72. The number of rotatable bonds is 3. The van der Waals surface area contributed by atoms with Crippen molar-refractivity contribution < 1.29 is 9.53 Å². The normalized spacial score (nSPS) is 21.2. The molecule has 3 N–H and O–H groups in total. The van der Waals surface area contributed by atoms with Gasteiger partial charge in [-0.3, -0.25) is 0 Å². The maximum atomic E-state index is 11.7. The Labute approximate surface area is 130 Å². The smallest absolute Gasteiger partial charge is 0.407 e. The number of H-pyrrole nitrogens is 1. The van der Waals surface area contributed by atoms with Crippen LogP contribution in [0.15, 0.2) is 30.5 Å². The summed E-state index contributed by atoms with van der Waals surface area (Å²) in [5, 5.41) is 7.62. The van der Waals surface area contributed by atoms with Gasteiger partial charge >= 0.3 is 6.09 Å². The van der Waals surface area contributed by atoms with Crippen molar-refractivity contribution in [3.05, 3.63) is 30.5 Å². The van der Waals surface area contributed by atoms with Gasteiger partial charge in [-0.1, -0.05) is 0 Å². The summed E-state index contributed by atoms with van der Waals surface area (Å²) in [7, 11) is 0. The number of hydrogen-bond acceptors (Lipinski definition) is 3. The molecule has 1 aliphatic carbocycles. The van der Waals surface area contributed by atoms with E-state index in [4.69, 9.17) is 4.74 Å². The van der Waals surface area contributed by atoms with Crippen LogP contribution in [-0.2, 0) is 4.74 Å². The summed E-state index contributed by atoms with van der Waals surface area (Å²) in [6, 6.07) is 8.95. The first kappa shape index (κ1) is 14.8. The molecular formula is C17H23N3O2. The Balaban J connectivity index is 1.46. The first-order valence-electron chi connectivity index (χ1n) is 7.72. The topological polar surface area (TPSA) is 66.2 Å². The van der Waals surface area contributed by atoms with E-state index in [-0.39, 0.29) is 12.1 Å². The van der Waals surface area contributed by atoms with Gasteiger partial charge in [-0.2, -0.15) is 0 Å². The summed E-state index contributed by atoms with van der Waals surface area (Å²) < 4.78 is 5.26. The molecule has 1 saturated carbocycles. The number of ether oxygens (including phenoxy) is 1. The monoisotopic (exact) mass is 301 g/mol. The SMILES string of the molecule is CC(C)(C)OC(=O)NC1CC(Nc2ccc3[nH]ccc3c2)C1. The molecule has 118 valence electrons. The van der Waals surface area contributed by atoms with Crippen LogP contribution in [0.4, 0.5) is 10.5 Å². The number of aromatic amines is 1. The Hall–Kier alpha value is -2.17. The second kappa shape index (κ2) is 5.55. The number of aromatic nitrogens is 1. The lowest BCUT2D eigenvalue weighted by atomic mass is 9.86. The molecule has 3 rings (SSSR count). The van der Waals surface area contributed by atoms with Crippen LogP contribution < -0.4 is 10.6 Å². The zero-order chi connectivity index (χ0) is 15.7. The van der Waals surface area contributed by atoms with E-state index in [0.29, 0.717) is 6.04 Å². The Morgan fingerprint density at radius 1 is 1.23 bits per heavy atom. The lowest BCUT2D eigenvalue weighted by Gasteiger charge is -2.37. The highest BCUT2D eigenvalue weighted by Gasteiger charge is 2.31. The highest BCUT2D eigenvalue weighted by molar-refractivity contribution is 5.83. The number of hydrogen-bond donors (Lipinski definition) is 3. The summed E-state index contributed by atoms with van der Waals surface area (Å²) in [6.07, 6.45) is 3.46. The molecule has 5 nitrogen and oxygen atoms in total. The molecule has 0 unspecified atom stereocenters. The molecule has 1 aliphatic rings. The average Bonchev–Trinajstić information content (AvgIpc) is 2.81. The van der Waals surface area contributed by atoms with E-state index in [1.165, 1.54) is 5.39 Å². The van der Waals surface area contributed by atoms with Crippen LogP contribution >= 0.6 is 0 Å². The van der Waals surface area contributed by atoms with Crippen LogP contribution in [0.25, 0.3) is 10.9 Å². The van der Waals surface area contributed by atoms with E-state index in [2.05, 4.69) is 39.9 Å². The third kappa shape index (κ3) is 3.53. The van der Waals surface area contributed by atoms with Crippen LogP contribution in [0.1, 0.15) is 33.6 Å². The minimum absolute atomic E-state index is 0.198. The largest absolute Gasteiger partial charge is 0.444 e. The zero-order valence-electron chi connectivity index (χ0n) is 13.3. The molecular weight excluding hydrogens is 278 g/mol. The maximum absolute atomic E-state index is 11.7. The van der Waals surface area contributed by atoms with E-state index in [0.717, 1.165) is 24.0 Å². The molecule has 0 saturated heterocycles. The quantitative estimate of drug-likeness (QED) is 0.811. The van der Waals surface area contributed by atoms with E-state index in [1.54, 1.807) is 0 Å². The van der Waals surface area contributed by atoms with Crippen molar-refractivity contribution in [1.82, 2.24) is 10.3 Å². The number of anilines is 1. The summed E-state index contributed by atoms with van der Waals surface area (Å²) >= 11 is 0. The summed E-state index contributed by atoms with van der Waals surface area (Å²) in [5.74, 6) is 0. The predicted molar refractivity (Wildman–Crippen MR) is 88.1 cm³/mol. The molecule has 0 bridgehead atoms. The molecule has 2 aromatic rings. The van der Waals surface area contributed by atoms with Gasteiger partial charge in [0, 0.05) is 34.9 Å². The van der Waals surface area contributed by atoms with Crippen molar-refractivity contribution >= 4 is 22.7 Å². The van der Waals surface area contributed by atoms with Gasteiger partial charge in [0.1, 0.15) is 5.60 Å².